The molecule has 380 valence electrons. The molecule has 0 radical (unpaired) electrons. The van der Waals surface area contributed by atoms with Crippen molar-refractivity contribution >= 4 is 81.4 Å². The van der Waals surface area contributed by atoms with Crippen LogP contribution >= 0.6 is 46.4 Å². The summed E-state index contributed by atoms with van der Waals surface area (Å²) < 4.78 is 11.6. The zero-order valence-electron chi connectivity index (χ0n) is 39.8. The lowest BCUT2D eigenvalue weighted by atomic mass is 9.96. The van der Waals surface area contributed by atoms with Crippen LogP contribution in [0.1, 0.15) is 81.8 Å². The molecule has 4 amide bonds. The van der Waals surface area contributed by atoms with Crippen molar-refractivity contribution in [3.63, 3.8) is 0 Å². The molecular weight excluding hydrogens is 986 g/mol. The minimum atomic E-state index is -0.236. The van der Waals surface area contributed by atoms with Gasteiger partial charge < -0.3 is 41.8 Å². The first-order valence-corrected chi connectivity index (χ1v) is 26.3. The second-order valence-electron chi connectivity index (χ2n) is 19.3. The van der Waals surface area contributed by atoms with Crippen LogP contribution in [0.2, 0.25) is 20.1 Å². The van der Waals surface area contributed by atoms with Gasteiger partial charge in [-0.3, -0.25) is 29.0 Å². The van der Waals surface area contributed by atoms with E-state index in [2.05, 4.69) is 60.6 Å². The number of nitrogens with one attached hydrogen (secondary N) is 5. The smallest absolute Gasteiger partial charge is 0.258 e. The van der Waals surface area contributed by atoms with Gasteiger partial charge in [0.05, 0.1) is 17.3 Å². The molecule has 4 aromatic carbocycles. The number of hydrogen-bond acceptors (Lipinski definition) is 10. The summed E-state index contributed by atoms with van der Waals surface area (Å²) in [6, 6.07) is 28.1. The second-order valence-corrected chi connectivity index (χ2v) is 21.1. The Morgan fingerprint density at radius 3 is 1.44 bits per heavy atom. The number of hydrogen-bond donors (Lipinski definition) is 6. The Balaban J connectivity index is 0.000000191. The van der Waals surface area contributed by atoms with Crippen molar-refractivity contribution in [3.05, 3.63) is 116 Å². The number of halogens is 4. The second kappa shape index (κ2) is 25.3. The predicted molar refractivity (Wildman–Crippen MR) is 280 cm³/mol. The van der Waals surface area contributed by atoms with E-state index in [1.54, 1.807) is 36.4 Å². The monoisotopic (exact) mass is 1050 g/mol. The number of nitrogens with two attached hydrogens (primary N) is 1. The van der Waals surface area contributed by atoms with Crippen molar-refractivity contribution in [2.75, 3.05) is 43.5 Å². The largest absolute Gasteiger partial charge is 0.482 e. The number of ether oxygens (including phenoxy) is 2. The van der Waals surface area contributed by atoms with E-state index in [0.29, 0.717) is 63.6 Å². The van der Waals surface area contributed by atoms with Crippen molar-refractivity contribution in [1.29, 1.82) is 0 Å². The molecule has 4 bridgehead atoms. The number of carbonyl (C=O) groups is 4. The Morgan fingerprint density at radius 1 is 0.577 bits per heavy atom. The summed E-state index contributed by atoms with van der Waals surface area (Å²) in [4.78, 5) is 55.2. The molecule has 0 aliphatic carbocycles. The fraction of sp³-hybridized carbons (Fsp3) is 0.472. The lowest BCUT2D eigenvalue weighted by Gasteiger charge is -2.39. The fourth-order valence-electron chi connectivity index (χ4n) is 10.8. The van der Waals surface area contributed by atoms with Gasteiger partial charge in [0.2, 0.25) is 11.8 Å². The highest BCUT2D eigenvalue weighted by molar-refractivity contribution is 6.31. The van der Waals surface area contributed by atoms with E-state index >= 15 is 0 Å². The molecule has 4 aromatic rings. The van der Waals surface area contributed by atoms with E-state index in [4.69, 9.17) is 61.6 Å². The van der Waals surface area contributed by atoms with Crippen LogP contribution < -0.4 is 41.8 Å². The van der Waals surface area contributed by atoms with Gasteiger partial charge in [-0.05, 0) is 143 Å². The first-order chi connectivity index (χ1) is 34.3. The van der Waals surface area contributed by atoms with Gasteiger partial charge in [-0.1, -0.05) is 70.7 Å². The number of amides is 4. The zero-order valence-corrected chi connectivity index (χ0v) is 42.8. The van der Waals surface area contributed by atoms with Crippen molar-refractivity contribution in [2.24, 2.45) is 11.7 Å². The van der Waals surface area contributed by atoms with Crippen molar-refractivity contribution in [1.82, 2.24) is 25.8 Å². The number of nitrogens with zero attached hydrogens (tertiary/aromatic N) is 2. The van der Waals surface area contributed by atoms with Crippen LogP contribution in [0.15, 0.2) is 84.9 Å². The molecule has 5 saturated heterocycles. The van der Waals surface area contributed by atoms with Crippen molar-refractivity contribution in [2.45, 2.75) is 120 Å². The van der Waals surface area contributed by atoms with Crippen LogP contribution in [0.25, 0.3) is 0 Å². The zero-order chi connectivity index (χ0) is 49.9. The van der Waals surface area contributed by atoms with E-state index in [1.807, 2.05) is 24.3 Å². The average Bonchev–Trinajstić information content (AvgIpc) is 3.71. The molecule has 71 heavy (non-hydrogen) atoms. The van der Waals surface area contributed by atoms with Gasteiger partial charge in [0.15, 0.2) is 13.2 Å². The standard InChI is InChI=1S/C28H34Cl2N4O3.C25H30Cl2N4O3/c29-20-5-3-18(4-6-20)16-34-23-8-9-24(34)14-22(13-23)32-27(35)17-37-26-10-7-21(30)12-25(26)33-28(36)19-2-1-11-31-15-19;26-17-3-1-16(2-4-17)14-31-20-6-7-21(31)13-19(12-20)29-25(33)15-34-23-8-5-18(27)11-22(23)30-24(32)9-10-28/h3-7,10,12,19,22-24,31H,1-2,8-9,11,13-17H2,(H,32,35)(H,33,36);1-5,8,11,19-21H,6-7,9-10,12-15,28H2,(H,29,33)(H,30,32)/t19?,22?,23-,24+;19?,20-,21+. The minimum Gasteiger partial charge on any atom is -0.482 e. The maximum absolute atomic E-state index is 12.8. The average molecular weight is 1050 g/mol. The van der Waals surface area contributed by atoms with Crippen LogP contribution in [-0.4, -0.2) is 103 Å². The lowest BCUT2D eigenvalue weighted by molar-refractivity contribution is -0.125. The Morgan fingerprint density at radius 2 is 1.01 bits per heavy atom. The van der Waals surface area contributed by atoms with Crippen LogP contribution in [0, 0.1) is 5.92 Å². The Hall–Kier alpha value is -4.64. The molecule has 0 spiro atoms. The molecule has 0 aromatic heterocycles. The van der Waals surface area contributed by atoms with E-state index in [-0.39, 0.29) is 67.8 Å². The third-order valence-corrected chi connectivity index (χ3v) is 15.2. The van der Waals surface area contributed by atoms with Gasteiger partial charge >= 0.3 is 0 Å². The van der Waals surface area contributed by atoms with Gasteiger partial charge in [0, 0.05) is 88.9 Å². The number of piperidine rings is 3. The molecule has 5 fully saturated rings. The lowest BCUT2D eigenvalue weighted by Crippen LogP contribution is -2.50. The van der Waals surface area contributed by atoms with Crippen molar-refractivity contribution < 1.29 is 28.7 Å². The summed E-state index contributed by atoms with van der Waals surface area (Å²) in [5.74, 6) is 0.107. The van der Waals surface area contributed by atoms with Gasteiger partial charge in [-0.15, -0.1) is 0 Å². The number of fused-ring (bicyclic) bond motifs is 4. The highest BCUT2D eigenvalue weighted by Crippen LogP contribution is 2.39. The number of rotatable bonds is 17. The molecule has 7 atom stereocenters. The number of carbonyl (C=O) groups excluding carboxylic acids is 4. The maximum Gasteiger partial charge on any atom is 0.258 e. The van der Waals surface area contributed by atoms with Crippen LogP contribution in [0.5, 0.6) is 11.5 Å². The third-order valence-electron chi connectivity index (χ3n) is 14.2. The molecule has 9 rings (SSSR count). The highest BCUT2D eigenvalue weighted by atomic mass is 35.5. The summed E-state index contributed by atoms with van der Waals surface area (Å²) in [7, 11) is 0. The van der Waals surface area contributed by atoms with Gasteiger partial charge in [0.1, 0.15) is 11.5 Å². The van der Waals surface area contributed by atoms with Gasteiger partial charge in [0.25, 0.3) is 11.8 Å². The normalized spacial score (nSPS) is 23.7. The number of anilines is 2. The number of benzene rings is 4. The topological polar surface area (TPSA) is 179 Å². The van der Waals surface area contributed by atoms with Crippen LogP contribution in [-0.2, 0) is 32.3 Å². The minimum absolute atomic E-state index is 0.0652. The first-order valence-electron chi connectivity index (χ1n) is 24.8. The molecule has 3 unspecified atom stereocenters. The third kappa shape index (κ3) is 15.0. The quantitative estimate of drug-likeness (QED) is 0.0600. The first kappa shape index (κ1) is 52.7. The van der Waals surface area contributed by atoms with E-state index in [1.165, 1.54) is 11.1 Å². The molecule has 5 heterocycles. The van der Waals surface area contributed by atoms with E-state index < -0.39 is 0 Å². The Kier molecular flexibility index (Phi) is 18.8. The molecule has 14 nitrogen and oxygen atoms in total. The van der Waals surface area contributed by atoms with Crippen LogP contribution in [0.4, 0.5) is 11.4 Å². The summed E-state index contributed by atoms with van der Waals surface area (Å²) >= 11 is 24.3. The van der Waals surface area contributed by atoms with Gasteiger partial charge in [-0.25, -0.2) is 0 Å². The highest BCUT2D eigenvalue weighted by Gasteiger charge is 2.42. The molecular formula is C53H64Cl4N8O6. The Bertz CT molecular complexity index is 2430. The molecule has 7 N–H and O–H groups in total. The summed E-state index contributed by atoms with van der Waals surface area (Å²) in [5.41, 5.74) is 8.87. The summed E-state index contributed by atoms with van der Waals surface area (Å²) in [6.45, 7) is 3.41. The fourth-order valence-corrected chi connectivity index (χ4v) is 11.4. The Labute approximate surface area is 436 Å². The van der Waals surface area contributed by atoms with Crippen molar-refractivity contribution in [3.8, 4) is 11.5 Å². The SMILES string of the molecule is NCCC(=O)Nc1cc(Cl)ccc1OCC(=O)NC1C[C@H]2CC[C@@H](C1)N2Cc1ccc(Cl)cc1.O=C(COc1ccc(Cl)cc1NC(=O)C1CCCNC1)NC1C[C@H]2CC[C@@H](C1)N2Cc1ccc(Cl)cc1. The summed E-state index contributed by atoms with van der Waals surface area (Å²) in [5, 5.41) is 17.7. The molecule has 18 heteroatoms. The van der Waals surface area contributed by atoms with Gasteiger partial charge in [-0.2, -0.15) is 0 Å². The summed E-state index contributed by atoms with van der Waals surface area (Å²) in [6.07, 6.45) is 10.4. The maximum atomic E-state index is 12.8. The van der Waals surface area contributed by atoms with E-state index in [9.17, 15) is 19.2 Å². The van der Waals surface area contributed by atoms with Crippen LogP contribution in [0.3, 0.4) is 0 Å². The molecule has 5 aliphatic rings. The van der Waals surface area contributed by atoms with E-state index in [0.717, 1.165) is 93.9 Å². The predicted octanol–water partition coefficient (Wildman–Crippen LogP) is 8.59. The molecule has 0 saturated carbocycles. The molecule has 5 aliphatic heterocycles.